The van der Waals surface area contributed by atoms with Gasteiger partial charge in [-0.3, -0.25) is 19.3 Å². The second kappa shape index (κ2) is 12.0. The van der Waals surface area contributed by atoms with Crippen LogP contribution in [-0.2, 0) is 30.6 Å². The first-order valence-electron chi connectivity index (χ1n) is 14.4. The Morgan fingerprint density at radius 3 is 2.09 bits per heavy atom. The third-order valence-corrected chi connectivity index (χ3v) is 10.7. The Hall–Kier alpha value is -4.34. The van der Waals surface area contributed by atoms with E-state index in [2.05, 4.69) is 14.7 Å². The Bertz CT molecular complexity index is 1790. The summed E-state index contributed by atoms with van der Waals surface area (Å²) in [4.78, 5) is 49.7. The molecule has 2 amide bonds. The highest BCUT2D eigenvalue weighted by Crippen LogP contribution is 2.50. The van der Waals surface area contributed by atoms with Crippen LogP contribution >= 0.6 is 34.9 Å². The summed E-state index contributed by atoms with van der Waals surface area (Å²) in [5.41, 5.74) is 1.85. The summed E-state index contributed by atoms with van der Waals surface area (Å²) < 4.78 is 21.0. The van der Waals surface area contributed by atoms with Gasteiger partial charge in [-0.05, 0) is 27.4 Å². The molecule has 2 fully saturated rings. The zero-order chi connectivity index (χ0) is 32.9. The van der Waals surface area contributed by atoms with Gasteiger partial charge < -0.3 is 10.4 Å². The molecule has 1 aromatic heterocycles. The molecule has 0 bridgehead atoms. The van der Waals surface area contributed by atoms with Crippen molar-refractivity contribution in [2.24, 2.45) is 0 Å². The second-order valence-electron chi connectivity index (χ2n) is 10.9. The number of fused-ring (bicyclic) bond motifs is 1. The number of anilines is 1. The normalized spacial score (nSPS) is 22.9. The number of aliphatic carboxylic acids is 1. The van der Waals surface area contributed by atoms with Gasteiger partial charge in [0.25, 0.3) is 5.91 Å². The third-order valence-electron chi connectivity index (χ3n) is 8.41. The van der Waals surface area contributed by atoms with Crippen LogP contribution in [0.5, 0.6) is 0 Å². The molecular weight excluding hydrogens is 667 g/mol. The minimum absolute atomic E-state index is 0.0673. The number of aromatic nitrogens is 2. The number of carbonyl (C=O) groups excluding carboxylic acids is 2. The molecular formula is C32H26ClFN6O5S2. The molecule has 11 nitrogen and oxygen atoms in total. The van der Waals surface area contributed by atoms with Crippen LogP contribution in [-0.4, -0.2) is 77.5 Å². The van der Waals surface area contributed by atoms with Crippen molar-refractivity contribution >= 4 is 57.8 Å². The predicted molar refractivity (Wildman–Crippen MR) is 173 cm³/mol. The van der Waals surface area contributed by atoms with Gasteiger partial charge in [-0.25, -0.2) is 14.2 Å². The molecule has 15 heteroatoms. The molecule has 4 aromatic rings. The van der Waals surface area contributed by atoms with E-state index < -0.39 is 46.4 Å². The Balaban J connectivity index is 1.22. The lowest BCUT2D eigenvalue weighted by Gasteiger charge is -2.59. The summed E-state index contributed by atoms with van der Waals surface area (Å²) in [6.07, 6.45) is 0. The standard InChI is InChI=1S/C32H26ClFN6O5S2/c1-45-40-32(34,29(44)39(40)24-25(41)38-23(27(42)43)19(17-33)18-46-26(24)38)28-35-30(47-37-28)36-31(20-11-5-2-6-12-20,21-13-7-3-8-14-21)22-15-9-4-10-16-22/h2-16,24,26H,17-18H2,1H3,(H,42,43)(H,35,36,37)/t24-,26-,32?/m1/s1. The third kappa shape index (κ3) is 4.65. The van der Waals surface area contributed by atoms with E-state index in [0.29, 0.717) is 10.7 Å². The van der Waals surface area contributed by atoms with Crippen molar-refractivity contribution in [1.82, 2.24) is 24.4 Å². The lowest BCUT2D eigenvalue weighted by atomic mass is 9.77. The van der Waals surface area contributed by atoms with Crippen LogP contribution in [0.1, 0.15) is 22.5 Å². The van der Waals surface area contributed by atoms with Crippen molar-refractivity contribution in [2.75, 3.05) is 24.1 Å². The number of benzene rings is 3. The second-order valence-corrected chi connectivity index (χ2v) is 13.0. The van der Waals surface area contributed by atoms with Crippen LogP contribution in [0.25, 0.3) is 0 Å². The zero-order valence-electron chi connectivity index (χ0n) is 24.6. The SMILES string of the molecule is CON1N([C@@H]2C(=O)N3C(C(=O)O)=C(CCl)CS[C@H]23)C(=O)C1(F)c1nsc(NC(c2ccccc2)(c2ccccc2)c2ccccc2)n1. The number of thioether (sulfide) groups is 1. The predicted octanol–water partition coefficient (Wildman–Crippen LogP) is 4.55. The highest BCUT2D eigenvalue weighted by molar-refractivity contribution is 8.00. The van der Waals surface area contributed by atoms with E-state index in [9.17, 15) is 19.5 Å². The minimum atomic E-state index is -2.94. The summed E-state index contributed by atoms with van der Waals surface area (Å²) in [7, 11) is 1.16. The highest BCUT2D eigenvalue weighted by Gasteiger charge is 2.73. The molecule has 4 heterocycles. The largest absolute Gasteiger partial charge is 0.477 e. The van der Waals surface area contributed by atoms with Crippen LogP contribution in [0.3, 0.4) is 0 Å². The van der Waals surface area contributed by atoms with Gasteiger partial charge in [0, 0.05) is 23.2 Å². The number of carboxylic acid groups (broad SMARTS) is 1. The fourth-order valence-corrected chi connectivity index (χ4v) is 8.64. The quantitative estimate of drug-likeness (QED) is 0.106. The number of hydrogen-bond acceptors (Lipinski definition) is 10. The number of carbonyl (C=O) groups is 3. The lowest BCUT2D eigenvalue weighted by molar-refractivity contribution is -0.404. The molecule has 7 rings (SSSR count). The van der Waals surface area contributed by atoms with Crippen LogP contribution in [0, 0.1) is 0 Å². The summed E-state index contributed by atoms with van der Waals surface area (Å²) in [5.74, 6) is -6.33. The average Bonchev–Trinajstić information content (AvgIpc) is 3.59. The molecule has 0 aliphatic carbocycles. The van der Waals surface area contributed by atoms with E-state index in [4.69, 9.17) is 16.4 Å². The fraction of sp³-hybridized carbons (Fsp3) is 0.219. The maximum atomic E-state index is 16.8. The molecule has 3 aliphatic heterocycles. The van der Waals surface area contributed by atoms with Crippen LogP contribution < -0.4 is 5.32 Å². The van der Waals surface area contributed by atoms with E-state index in [1.807, 2.05) is 91.0 Å². The van der Waals surface area contributed by atoms with Gasteiger partial charge in [-0.15, -0.1) is 23.4 Å². The molecule has 1 unspecified atom stereocenters. The number of halogens is 2. The molecule has 47 heavy (non-hydrogen) atoms. The zero-order valence-corrected chi connectivity index (χ0v) is 27.0. The van der Waals surface area contributed by atoms with Crippen molar-refractivity contribution < 1.29 is 28.7 Å². The Labute approximate surface area is 281 Å². The molecule has 0 saturated carbocycles. The van der Waals surface area contributed by atoms with Gasteiger partial charge >= 0.3 is 17.7 Å². The summed E-state index contributed by atoms with van der Waals surface area (Å²) >= 11 is 8.04. The molecule has 3 aromatic carbocycles. The number of hydrazine groups is 1. The number of carboxylic acids is 1. The molecule has 2 N–H and O–H groups in total. The minimum Gasteiger partial charge on any atom is -0.477 e. The number of hydrogen-bond donors (Lipinski definition) is 2. The Morgan fingerprint density at radius 1 is 1.04 bits per heavy atom. The number of amides is 2. The van der Waals surface area contributed by atoms with E-state index in [1.165, 1.54) is 11.8 Å². The number of rotatable bonds is 10. The van der Waals surface area contributed by atoms with Crippen molar-refractivity contribution in [3.63, 3.8) is 0 Å². The summed E-state index contributed by atoms with van der Waals surface area (Å²) in [5, 5.41) is 14.2. The molecule has 3 aliphatic rings. The van der Waals surface area contributed by atoms with Gasteiger partial charge in [-0.1, -0.05) is 91.0 Å². The number of nitrogens with zero attached hydrogens (tertiary/aromatic N) is 5. The number of hydroxylamine groups is 1. The van der Waals surface area contributed by atoms with E-state index in [1.54, 1.807) is 0 Å². The average molecular weight is 693 g/mol. The van der Waals surface area contributed by atoms with Gasteiger partial charge in [-0.2, -0.15) is 9.36 Å². The number of β-lactam (4-membered cyclic amide) rings is 1. The first-order chi connectivity index (χ1) is 22.8. The van der Waals surface area contributed by atoms with Crippen molar-refractivity contribution in [1.29, 1.82) is 0 Å². The van der Waals surface area contributed by atoms with E-state index >= 15 is 4.39 Å². The van der Waals surface area contributed by atoms with Crippen LogP contribution in [0.2, 0.25) is 0 Å². The van der Waals surface area contributed by atoms with Crippen LogP contribution in [0.4, 0.5) is 9.52 Å². The monoisotopic (exact) mass is 692 g/mol. The summed E-state index contributed by atoms with van der Waals surface area (Å²) in [6, 6.07) is 28.0. The molecule has 240 valence electrons. The van der Waals surface area contributed by atoms with Crippen LogP contribution in [0.15, 0.2) is 102 Å². The van der Waals surface area contributed by atoms with Gasteiger partial charge in [0.05, 0.1) is 7.11 Å². The number of alkyl halides is 2. The first-order valence-corrected chi connectivity index (χ1v) is 16.7. The first kappa shape index (κ1) is 31.3. The molecule has 0 spiro atoms. The smallest absolute Gasteiger partial charge is 0.352 e. The van der Waals surface area contributed by atoms with Crippen molar-refractivity contribution in [2.45, 2.75) is 22.7 Å². The maximum Gasteiger partial charge on any atom is 0.352 e. The topological polar surface area (TPSA) is 128 Å². The Morgan fingerprint density at radius 2 is 1.60 bits per heavy atom. The maximum absolute atomic E-state index is 16.8. The van der Waals surface area contributed by atoms with E-state index in [0.717, 1.165) is 45.2 Å². The highest BCUT2D eigenvalue weighted by atomic mass is 35.5. The van der Waals surface area contributed by atoms with Crippen molar-refractivity contribution in [3.05, 3.63) is 125 Å². The van der Waals surface area contributed by atoms with Gasteiger partial charge in [0.2, 0.25) is 11.0 Å². The Kier molecular flexibility index (Phi) is 8.00. The molecule has 2 saturated heterocycles. The summed E-state index contributed by atoms with van der Waals surface area (Å²) in [6.45, 7) is 0. The van der Waals surface area contributed by atoms with Crippen molar-refractivity contribution in [3.8, 4) is 0 Å². The molecule has 3 atom stereocenters. The van der Waals surface area contributed by atoms with E-state index in [-0.39, 0.29) is 22.5 Å². The van der Waals surface area contributed by atoms with Gasteiger partial charge in [0.1, 0.15) is 16.6 Å². The molecule has 0 radical (unpaired) electrons. The lowest BCUT2D eigenvalue weighted by Crippen LogP contribution is -2.83. The fourth-order valence-electron chi connectivity index (χ4n) is 6.26. The number of nitrogens with one attached hydrogen (secondary N) is 1. The van der Waals surface area contributed by atoms with Gasteiger partial charge in [0.15, 0.2) is 6.04 Å².